The van der Waals surface area contributed by atoms with Crippen molar-refractivity contribution in [2.45, 2.75) is 26.4 Å². The summed E-state index contributed by atoms with van der Waals surface area (Å²) < 4.78 is 5.28. The lowest BCUT2D eigenvalue weighted by Gasteiger charge is -2.12. The quantitative estimate of drug-likeness (QED) is 0.489. The molecular weight excluding hydrogens is 348 g/mol. The summed E-state index contributed by atoms with van der Waals surface area (Å²) in [7, 11) is 0. The number of thiazole rings is 1. The van der Waals surface area contributed by atoms with Gasteiger partial charge in [-0.05, 0) is 26.0 Å². The number of aryl methyl sites for hydroxylation is 1. The van der Waals surface area contributed by atoms with Gasteiger partial charge in [-0.2, -0.15) is 0 Å². The Morgan fingerprint density at radius 1 is 1.19 bits per heavy atom. The van der Waals surface area contributed by atoms with Crippen molar-refractivity contribution in [2.75, 3.05) is 0 Å². The SMILES string of the molecule is Cc1ccc(C(=O)[C@@H](C)OC(=O)Cc2csc(-c3cccnc3)n2)cc1. The number of pyridine rings is 1. The van der Waals surface area contributed by atoms with E-state index in [9.17, 15) is 9.59 Å². The number of rotatable bonds is 6. The molecule has 0 bridgehead atoms. The number of hydrogen-bond acceptors (Lipinski definition) is 6. The van der Waals surface area contributed by atoms with E-state index in [0.29, 0.717) is 11.3 Å². The third-order valence-corrected chi connectivity index (χ3v) is 4.74. The summed E-state index contributed by atoms with van der Waals surface area (Å²) in [5, 5.41) is 2.61. The summed E-state index contributed by atoms with van der Waals surface area (Å²) in [6.45, 7) is 3.54. The van der Waals surface area contributed by atoms with Crippen molar-refractivity contribution < 1.29 is 14.3 Å². The van der Waals surface area contributed by atoms with Gasteiger partial charge in [0.05, 0.1) is 12.1 Å². The summed E-state index contributed by atoms with van der Waals surface area (Å²) in [6.07, 6.45) is 2.62. The fraction of sp³-hybridized carbons (Fsp3) is 0.200. The van der Waals surface area contributed by atoms with E-state index in [4.69, 9.17) is 4.74 Å². The van der Waals surface area contributed by atoms with Crippen LogP contribution in [0.1, 0.15) is 28.5 Å². The standard InChI is InChI=1S/C20H18N2O3S/c1-13-5-7-15(8-6-13)19(24)14(2)25-18(23)10-17-12-26-20(22-17)16-4-3-9-21-11-16/h3-9,11-12,14H,10H2,1-2H3/t14-/m1/s1. The Bertz CT molecular complexity index is 904. The van der Waals surface area contributed by atoms with Gasteiger partial charge in [-0.25, -0.2) is 4.98 Å². The lowest BCUT2D eigenvalue weighted by Crippen LogP contribution is -2.25. The molecule has 0 saturated heterocycles. The van der Waals surface area contributed by atoms with E-state index in [2.05, 4.69) is 9.97 Å². The zero-order valence-corrected chi connectivity index (χ0v) is 15.3. The third-order valence-electron chi connectivity index (χ3n) is 3.80. The largest absolute Gasteiger partial charge is 0.454 e. The van der Waals surface area contributed by atoms with Crippen LogP contribution in [0.5, 0.6) is 0 Å². The average Bonchev–Trinajstić information content (AvgIpc) is 3.10. The highest BCUT2D eigenvalue weighted by molar-refractivity contribution is 7.13. The normalized spacial score (nSPS) is 11.8. The van der Waals surface area contributed by atoms with Gasteiger partial charge in [-0.3, -0.25) is 14.6 Å². The van der Waals surface area contributed by atoms with E-state index in [1.807, 2.05) is 36.6 Å². The van der Waals surface area contributed by atoms with Gasteiger partial charge in [0, 0.05) is 28.9 Å². The number of hydrogen-bond donors (Lipinski definition) is 0. The van der Waals surface area contributed by atoms with E-state index in [1.54, 1.807) is 31.5 Å². The molecule has 1 aromatic carbocycles. The number of esters is 1. The number of Topliss-reactive ketones (excluding diaryl/α,β-unsaturated/α-hetero) is 1. The molecule has 0 aliphatic carbocycles. The molecule has 0 spiro atoms. The molecule has 3 rings (SSSR count). The molecule has 132 valence electrons. The molecule has 0 aliphatic heterocycles. The maximum Gasteiger partial charge on any atom is 0.312 e. The van der Waals surface area contributed by atoms with E-state index in [-0.39, 0.29) is 12.2 Å². The summed E-state index contributed by atoms with van der Waals surface area (Å²) >= 11 is 1.44. The predicted molar refractivity (Wildman–Crippen MR) is 100 cm³/mol. The lowest BCUT2D eigenvalue weighted by molar-refractivity contribution is -0.145. The van der Waals surface area contributed by atoms with Crippen LogP contribution in [-0.2, 0) is 16.0 Å². The maximum atomic E-state index is 12.3. The van der Waals surface area contributed by atoms with E-state index in [1.165, 1.54) is 11.3 Å². The van der Waals surface area contributed by atoms with Crippen LogP contribution >= 0.6 is 11.3 Å². The topological polar surface area (TPSA) is 69.2 Å². The van der Waals surface area contributed by atoms with Crippen molar-refractivity contribution in [2.24, 2.45) is 0 Å². The van der Waals surface area contributed by atoms with Crippen molar-refractivity contribution >= 4 is 23.1 Å². The predicted octanol–water partition coefficient (Wildman–Crippen LogP) is 3.87. The Kier molecular flexibility index (Phi) is 5.53. The zero-order chi connectivity index (χ0) is 18.5. The Morgan fingerprint density at radius 3 is 2.65 bits per heavy atom. The summed E-state index contributed by atoms with van der Waals surface area (Å²) in [4.78, 5) is 33.0. The average molecular weight is 366 g/mol. The minimum atomic E-state index is -0.832. The Labute approximate surface area is 155 Å². The van der Waals surface area contributed by atoms with Crippen molar-refractivity contribution in [1.29, 1.82) is 0 Å². The maximum absolute atomic E-state index is 12.3. The Hall–Kier alpha value is -2.86. The molecule has 0 amide bonds. The molecule has 5 nitrogen and oxygen atoms in total. The molecule has 2 heterocycles. The fourth-order valence-corrected chi connectivity index (χ4v) is 3.21. The van der Waals surface area contributed by atoms with Gasteiger partial charge in [0.15, 0.2) is 6.10 Å². The number of aromatic nitrogens is 2. The van der Waals surface area contributed by atoms with Crippen molar-refractivity contribution in [1.82, 2.24) is 9.97 Å². The minimum absolute atomic E-state index is 0.0300. The van der Waals surface area contributed by atoms with Crippen LogP contribution in [0.2, 0.25) is 0 Å². The number of carbonyl (C=O) groups excluding carboxylic acids is 2. The molecular formula is C20H18N2O3S. The second kappa shape index (κ2) is 8.01. The molecule has 2 aromatic heterocycles. The molecule has 0 radical (unpaired) electrons. The first-order valence-corrected chi connectivity index (χ1v) is 9.06. The van der Waals surface area contributed by atoms with E-state index in [0.717, 1.165) is 16.1 Å². The monoisotopic (exact) mass is 366 g/mol. The summed E-state index contributed by atoms with van der Waals surface area (Å²) in [5.41, 5.74) is 3.12. The molecule has 1 atom stereocenters. The Morgan fingerprint density at radius 2 is 1.96 bits per heavy atom. The van der Waals surface area contributed by atoms with Gasteiger partial charge in [-0.15, -0.1) is 11.3 Å². The van der Waals surface area contributed by atoms with Crippen LogP contribution in [0.4, 0.5) is 0 Å². The van der Waals surface area contributed by atoms with Crippen LogP contribution in [-0.4, -0.2) is 27.8 Å². The number of ketones is 1. The Balaban J connectivity index is 1.59. The van der Waals surface area contributed by atoms with Crippen molar-refractivity contribution in [3.63, 3.8) is 0 Å². The molecule has 0 N–H and O–H groups in total. The van der Waals surface area contributed by atoms with Crippen LogP contribution in [0, 0.1) is 6.92 Å². The molecule has 0 unspecified atom stereocenters. The molecule has 0 fully saturated rings. The number of nitrogens with zero attached hydrogens (tertiary/aromatic N) is 2. The van der Waals surface area contributed by atoms with Crippen molar-refractivity contribution in [3.05, 3.63) is 71.0 Å². The first kappa shape index (κ1) is 17.9. The second-order valence-electron chi connectivity index (χ2n) is 5.92. The van der Waals surface area contributed by atoms with Crippen LogP contribution in [0.25, 0.3) is 10.6 Å². The molecule has 6 heteroatoms. The summed E-state index contributed by atoms with van der Waals surface area (Å²) in [5.74, 6) is -0.686. The highest BCUT2D eigenvalue weighted by Crippen LogP contribution is 2.23. The van der Waals surface area contributed by atoms with Crippen LogP contribution in [0.15, 0.2) is 54.2 Å². The fourth-order valence-electron chi connectivity index (χ4n) is 2.40. The first-order valence-electron chi connectivity index (χ1n) is 8.18. The van der Waals surface area contributed by atoms with Gasteiger partial charge in [0.2, 0.25) is 5.78 Å². The highest BCUT2D eigenvalue weighted by atomic mass is 32.1. The van der Waals surface area contributed by atoms with E-state index >= 15 is 0 Å². The number of ether oxygens (including phenoxy) is 1. The third kappa shape index (κ3) is 4.40. The minimum Gasteiger partial charge on any atom is -0.454 e. The van der Waals surface area contributed by atoms with Gasteiger partial charge in [0.25, 0.3) is 0 Å². The zero-order valence-electron chi connectivity index (χ0n) is 14.5. The molecule has 3 aromatic rings. The van der Waals surface area contributed by atoms with Gasteiger partial charge >= 0.3 is 5.97 Å². The summed E-state index contributed by atoms with van der Waals surface area (Å²) in [6, 6.07) is 10.9. The smallest absolute Gasteiger partial charge is 0.312 e. The molecule has 0 aliphatic rings. The number of benzene rings is 1. The van der Waals surface area contributed by atoms with Crippen molar-refractivity contribution in [3.8, 4) is 10.6 Å². The van der Waals surface area contributed by atoms with Gasteiger partial charge < -0.3 is 4.74 Å². The molecule has 0 saturated carbocycles. The number of carbonyl (C=O) groups is 2. The van der Waals surface area contributed by atoms with Gasteiger partial charge in [0.1, 0.15) is 5.01 Å². The van der Waals surface area contributed by atoms with Gasteiger partial charge in [-0.1, -0.05) is 29.8 Å². The van der Waals surface area contributed by atoms with E-state index < -0.39 is 12.1 Å². The highest BCUT2D eigenvalue weighted by Gasteiger charge is 2.20. The first-order chi connectivity index (χ1) is 12.5. The lowest BCUT2D eigenvalue weighted by atomic mass is 10.1. The second-order valence-corrected chi connectivity index (χ2v) is 6.78. The van der Waals surface area contributed by atoms with Crippen LogP contribution < -0.4 is 0 Å². The molecule has 26 heavy (non-hydrogen) atoms. The van der Waals surface area contributed by atoms with Crippen LogP contribution in [0.3, 0.4) is 0 Å².